The van der Waals surface area contributed by atoms with Crippen LogP contribution in [-0.4, -0.2) is 84.4 Å². The number of hydrogen-bond acceptors (Lipinski definition) is 12. The highest BCUT2D eigenvalue weighted by atomic mass is 32.2. The van der Waals surface area contributed by atoms with Crippen LogP contribution in [0.2, 0.25) is 0 Å². The summed E-state index contributed by atoms with van der Waals surface area (Å²) < 4.78 is 84.0. The number of likely N-dealkylation sites (tertiary alicyclic amines) is 1. The van der Waals surface area contributed by atoms with Crippen LogP contribution in [0.4, 0.5) is 17.6 Å². The Morgan fingerprint density at radius 2 is 1.05 bits per heavy atom. The fourth-order valence-corrected chi connectivity index (χ4v) is 8.63. The molecule has 1 amide bonds. The molecule has 0 bridgehead atoms. The molecule has 2 aromatic carbocycles. The summed E-state index contributed by atoms with van der Waals surface area (Å²) in [4.78, 5) is 51.7. The van der Waals surface area contributed by atoms with Crippen LogP contribution in [0, 0.1) is 0 Å². The average molecular weight is 924 g/mol. The Morgan fingerprint density at radius 3 is 1.43 bits per heavy atom. The number of benzene rings is 2. The van der Waals surface area contributed by atoms with Gasteiger partial charge in [0.05, 0.1) is 23.3 Å². The highest BCUT2D eigenvalue weighted by molar-refractivity contribution is 7.91. The van der Waals surface area contributed by atoms with Crippen LogP contribution in [0.1, 0.15) is 86.1 Å². The zero-order valence-electron chi connectivity index (χ0n) is 34.8. The number of carbonyl (C=O) groups is 2. The summed E-state index contributed by atoms with van der Waals surface area (Å²) in [5.41, 5.74) is 0.932. The van der Waals surface area contributed by atoms with Crippen molar-refractivity contribution in [1.82, 2.24) is 34.4 Å². The minimum absolute atomic E-state index is 0.000327. The van der Waals surface area contributed by atoms with E-state index in [2.05, 4.69) is 20.4 Å². The summed E-state index contributed by atoms with van der Waals surface area (Å²) in [5.74, 6) is -3.61. The van der Waals surface area contributed by atoms with Crippen molar-refractivity contribution in [1.29, 1.82) is 0 Å². The fraction of sp³-hybridized carbons (Fsp3) is 0.364. The molecule has 2 aliphatic heterocycles. The van der Waals surface area contributed by atoms with E-state index >= 15 is 0 Å². The second-order valence-electron chi connectivity index (χ2n) is 15.2. The summed E-state index contributed by atoms with van der Waals surface area (Å²) in [6.45, 7) is 1.54. The zero-order valence-corrected chi connectivity index (χ0v) is 35.6. The van der Waals surface area contributed by atoms with Crippen molar-refractivity contribution in [3.05, 3.63) is 141 Å². The normalized spacial score (nSPS) is 15.6. The number of carboxylic acids is 1. The van der Waals surface area contributed by atoms with Crippen molar-refractivity contribution in [3.8, 4) is 22.9 Å². The molecule has 1 N–H and O–H groups in total. The SMILES string of the molecule is O=C(C(Cn1ccc(-c2nnc(C(F)F)o2)cc1=O)c1ccccc1)N1CCCCC1.O=C(O)C(Cn1ccc(-c2nnc(C(F)F)o2)cc1=O)c1ccccc1.O=S1(=O)CCCCC1. The van der Waals surface area contributed by atoms with Gasteiger partial charge in [0.2, 0.25) is 17.7 Å². The lowest BCUT2D eigenvalue weighted by Gasteiger charge is -2.31. The number of halogens is 4. The molecule has 2 atom stereocenters. The number of sulfone groups is 1. The standard InChI is InChI=1S/C22H22F2N4O3.C17H13F2N3O4.C5H10O2S/c23-19(24)21-26-25-20(31-21)16-9-12-28(18(29)13-16)14-17(15-7-3-1-4-8-15)22(30)27-10-5-2-6-11-27;18-14(19)16-21-20-15(26-16)11-6-7-22(13(23)8-11)9-12(17(24)25)10-4-2-1-3-5-10;6-8(7)4-2-1-3-5-8/h1,3-4,7-9,12-13,17,19H,2,5-6,10-11,14H2;1-8,12,14H,9H2,(H,24,25);1-5H2. The van der Waals surface area contributed by atoms with Gasteiger partial charge in [-0.25, -0.2) is 8.42 Å². The molecule has 6 heterocycles. The average Bonchev–Trinajstić information content (AvgIpc) is 4.02. The van der Waals surface area contributed by atoms with Gasteiger partial charge in [-0.15, -0.1) is 20.4 Å². The monoisotopic (exact) mass is 923 g/mol. The van der Waals surface area contributed by atoms with Gasteiger partial charge in [-0.1, -0.05) is 67.1 Å². The maximum atomic E-state index is 13.3. The Morgan fingerprint density at radius 1 is 0.615 bits per heavy atom. The zero-order chi connectivity index (χ0) is 46.5. The Balaban J connectivity index is 0.000000186. The van der Waals surface area contributed by atoms with Gasteiger partial charge in [-0.2, -0.15) is 17.6 Å². The van der Waals surface area contributed by atoms with Crippen LogP contribution >= 0.6 is 0 Å². The molecule has 2 fully saturated rings. The molecular weight excluding hydrogens is 879 g/mol. The molecule has 65 heavy (non-hydrogen) atoms. The lowest BCUT2D eigenvalue weighted by atomic mass is 9.96. The maximum absolute atomic E-state index is 13.3. The van der Waals surface area contributed by atoms with Crippen molar-refractivity contribution in [2.45, 2.75) is 76.3 Å². The van der Waals surface area contributed by atoms with Crippen LogP contribution in [0.3, 0.4) is 0 Å². The molecular formula is C44H45F4N7O9S. The van der Waals surface area contributed by atoms with Crippen LogP contribution in [0.25, 0.3) is 22.9 Å². The molecule has 4 aromatic heterocycles. The van der Waals surface area contributed by atoms with Gasteiger partial charge >= 0.3 is 18.8 Å². The predicted octanol–water partition coefficient (Wildman–Crippen LogP) is 6.92. The Bertz CT molecular complexity index is 2730. The Hall–Kier alpha value is -6.77. The van der Waals surface area contributed by atoms with E-state index in [1.54, 1.807) is 30.3 Å². The number of amides is 1. The number of carbonyl (C=O) groups excluding carboxylic acids is 1. The number of carboxylic acid groups (broad SMARTS) is 1. The first-order valence-corrected chi connectivity index (χ1v) is 22.5. The number of aliphatic carboxylic acids is 1. The van der Waals surface area contributed by atoms with Gasteiger partial charge in [0.1, 0.15) is 9.84 Å². The molecule has 0 aliphatic carbocycles. The molecule has 16 nitrogen and oxygen atoms in total. The van der Waals surface area contributed by atoms with Gasteiger partial charge in [-0.3, -0.25) is 19.2 Å². The van der Waals surface area contributed by atoms with E-state index in [0.717, 1.165) is 63.2 Å². The summed E-state index contributed by atoms with van der Waals surface area (Å²) in [6, 6.07) is 23.3. The third-order valence-corrected chi connectivity index (χ3v) is 12.4. The smallest absolute Gasteiger partial charge is 0.314 e. The van der Waals surface area contributed by atoms with Crippen LogP contribution in [0.5, 0.6) is 0 Å². The van der Waals surface area contributed by atoms with E-state index in [9.17, 15) is 50.3 Å². The summed E-state index contributed by atoms with van der Waals surface area (Å²) in [5, 5.41) is 23.0. The number of rotatable bonds is 12. The van der Waals surface area contributed by atoms with E-state index in [-0.39, 0.29) is 47.5 Å². The van der Waals surface area contributed by atoms with Crippen molar-refractivity contribution in [3.63, 3.8) is 0 Å². The molecule has 2 unspecified atom stereocenters. The minimum atomic E-state index is -2.90. The lowest BCUT2D eigenvalue weighted by Crippen LogP contribution is -2.40. The van der Waals surface area contributed by atoms with E-state index in [1.807, 2.05) is 35.2 Å². The number of hydrogen-bond donors (Lipinski definition) is 1. The molecule has 2 saturated heterocycles. The lowest BCUT2D eigenvalue weighted by molar-refractivity contribution is -0.139. The van der Waals surface area contributed by atoms with Gasteiger partial charge in [0.25, 0.3) is 22.9 Å². The Labute approximate surface area is 369 Å². The fourth-order valence-electron chi connectivity index (χ4n) is 7.14. The van der Waals surface area contributed by atoms with Crippen molar-refractivity contribution in [2.75, 3.05) is 24.6 Å². The van der Waals surface area contributed by atoms with E-state index in [0.29, 0.717) is 17.1 Å². The quantitative estimate of drug-likeness (QED) is 0.124. The van der Waals surface area contributed by atoms with Gasteiger partial charge in [0, 0.05) is 61.8 Å². The van der Waals surface area contributed by atoms with Crippen LogP contribution in [-0.2, 0) is 32.5 Å². The first-order chi connectivity index (χ1) is 31.2. The number of piperidine rings is 1. The van der Waals surface area contributed by atoms with Crippen molar-refractivity contribution < 1.29 is 49.5 Å². The molecule has 0 saturated carbocycles. The number of aromatic nitrogens is 6. The summed E-state index contributed by atoms with van der Waals surface area (Å²) in [6.07, 6.45) is 3.02. The number of nitrogens with zero attached hydrogens (tertiary/aromatic N) is 7. The first kappa shape index (κ1) is 47.7. The second-order valence-corrected chi connectivity index (χ2v) is 17.5. The summed E-state index contributed by atoms with van der Waals surface area (Å²) >= 11 is 0. The number of pyridine rings is 2. The van der Waals surface area contributed by atoms with Gasteiger partial charge in [0.15, 0.2) is 0 Å². The van der Waals surface area contributed by atoms with Gasteiger partial charge < -0.3 is 28.0 Å². The van der Waals surface area contributed by atoms with Crippen LogP contribution in [0.15, 0.2) is 116 Å². The predicted molar refractivity (Wildman–Crippen MR) is 227 cm³/mol. The van der Waals surface area contributed by atoms with E-state index in [1.165, 1.54) is 39.7 Å². The highest BCUT2D eigenvalue weighted by Gasteiger charge is 2.28. The Kier molecular flexibility index (Phi) is 16.3. The maximum Gasteiger partial charge on any atom is 0.314 e. The number of alkyl halides is 4. The van der Waals surface area contributed by atoms with Crippen molar-refractivity contribution >= 4 is 21.7 Å². The molecule has 0 radical (unpaired) electrons. The highest BCUT2D eigenvalue weighted by Crippen LogP contribution is 2.26. The second kappa shape index (κ2) is 22.2. The molecule has 2 aliphatic rings. The largest absolute Gasteiger partial charge is 0.481 e. The minimum Gasteiger partial charge on any atom is -0.481 e. The third-order valence-electron chi connectivity index (χ3n) is 10.6. The van der Waals surface area contributed by atoms with Crippen molar-refractivity contribution in [2.24, 2.45) is 0 Å². The van der Waals surface area contributed by atoms with Gasteiger partial charge in [-0.05, 0) is 55.4 Å². The van der Waals surface area contributed by atoms with E-state index < -0.39 is 57.8 Å². The molecule has 344 valence electrons. The third kappa shape index (κ3) is 13.1. The summed E-state index contributed by atoms with van der Waals surface area (Å²) in [7, 11) is -2.58. The topological polar surface area (TPSA) is 214 Å². The van der Waals surface area contributed by atoms with E-state index in [4.69, 9.17) is 8.83 Å². The molecule has 6 aromatic rings. The first-order valence-electron chi connectivity index (χ1n) is 20.7. The molecule has 0 spiro atoms. The van der Waals surface area contributed by atoms with Crippen LogP contribution < -0.4 is 11.1 Å². The molecule has 8 rings (SSSR count). The molecule has 21 heteroatoms.